The average Bonchev–Trinajstić information content (AvgIpc) is 2.85. The van der Waals surface area contributed by atoms with Crippen molar-refractivity contribution in [3.05, 3.63) is 71.8 Å². The molecule has 0 radical (unpaired) electrons. The summed E-state index contributed by atoms with van der Waals surface area (Å²) in [7, 11) is 0. The lowest BCUT2D eigenvalue weighted by Crippen LogP contribution is -2.44. The predicted molar refractivity (Wildman–Crippen MR) is 109 cm³/mol. The number of rotatable bonds is 9. The van der Waals surface area contributed by atoms with Crippen LogP contribution >= 0.6 is 0 Å². The summed E-state index contributed by atoms with van der Waals surface area (Å²) < 4.78 is 17.9. The molecule has 4 nitrogen and oxygen atoms in total. The summed E-state index contributed by atoms with van der Waals surface area (Å²) >= 11 is 0. The van der Waals surface area contributed by atoms with E-state index in [1.807, 2.05) is 43.3 Å². The summed E-state index contributed by atoms with van der Waals surface area (Å²) in [5.41, 5.74) is 1.68. The van der Waals surface area contributed by atoms with Crippen molar-refractivity contribution >= 4 is 5.97 Å². The van der Waals surface area contributed by atoms with Gasteiger partial charge in [0.2, 0.25) is 0 Å². The lowest BCUT2D eigenvalue weighted by Gasteiger charge is -2.35. The molecular weight excluding hydrogens is 352 g/mol. The van der Waals surface area contributed by atoms with Gasteiger partial charge in [0.15, 0.2) is 0 Å². The highest BCUT2D eigenvalue weighted by Crippen LogP contribution is 2.32. The smallest absolute Gasteiger partial charge is 0.306 e. The highest BCUT2D eigenvalue weighted by Gasteiger charge is 2.40. The van der Waals surface area contributed by atoms with E-state index in [4.69, 9.17) is 14.2 Å². The summed E-state index contributed by atoms with van der Waals surface area (Å²) in [6, 6.07) is 20.3. The fourth-order valence-corrected chi connectivity index (χ4v) is 3.65. The molecule has 1 heterocycles. The fraction of sp³-hybridized carbons (Fsp3) is 0.458. The van der Waals surface area contributed by atoms with Crippen LogP contribution in [0.15, 0.2) is 60.7 Å². The molecule has 1 aliphatic rings. The first kappa shape index (κ1) is 20.6. The van der Waals surface area contributed by atoms with Gasteiger partial charge in [0, 0.05) is 13.0 Å². The molecule has 0 N–H and O–H groups in total. The van der Waals surface area contributed by atoms with E-state index in [1.165, 1.54) is 5.56 Å². The SMILES string of the molecule is C[C@@]1(CCCOCc2ccccc2)OC(=O)CCC[C@H]1OCc1ccccc1. The highest BCUT2D eigenvalue weighted by atomic mass is 16.6. The second-order valence-electron chi connectivity index (χ2n) is 7.61. The molecule has 1 aliphatic heterocycles. The minimum absolute atomic E-state index is 0.103. The van der Waals surface area contributed by atoms with E-state index in [9.17, 15) is 4.79 Å². The van der Waals surface area contributed by atoms with E-state index in [1.54, 1.807) is 0 Å². The zero-order valence-corrected chi connectivity index (χ0v) is 16.6. The van der Waals surface area contributed by atoms with Gasteiger partial charge >= 0.3 is 5.97 Å². The van der Waals surface area contributed by atoms with Crippen LogP contribution in [-0.4, -0.2) is 24.3 Å². The minimum Gasteiger partial charge on any atom is -0.457 e. The first-order valence-electron chi connectivity index (χ1n) is 10.1. The first-order chi connectivity index (χ1) is 13.7. The van der Waals surface area contributed by atoms with Crippen molar-refractivity contribution in [2.75, 3.05) is 6.61 Å². The van der Waals surface area contributed by atoms with Gasteiger partial charge in [0.1, 0.15) is 5.60 Å². The molecule has 28 heavy (non-hydrogen) atoms. The molecule has 0 aromatic heterocycles. The quantitative estimate of drug-likeness (QED) is 0.449. The second-order valence-corrected chi connectivity index (χ2v) is 7.61. The van der Waals surface area contributed by atoms with Crippen LogP contribution in [0.4, 0.5) is 0 Å². The molecule has 2 aromatic rings. The van der Waals surface area contributed by atoms with Crippen LogP contribution in [0.25, 0.3) is 0 Å². The van der Waals surface area contributed by atoms with Crippen molar-refractivity contribution < 1.29 is 19.0 Å². The Labute approximate surface area is 167 Å². The molecule has 4 heteroatoms. The molecule has 2 aromatic carbocycles. The lowest BCUT2D eigenvalue weighted by molar-refractivity contribution is -0.175. The minimum atomic E-state index is -0.613. The molecule has 0 bridgehead atoms. The predicted octanol–water partition coefficient (Wildman–Crippen LogP) is 5.05. The van der Waals surface area contributed by atoms with Crippen molar-refractivity contribution in [1.29, 1.82) is 0 Å². The van der Waals surface area contributed by atoms with E-state index in [0.29, 0.717) is 26.2 Å². The molecule has 2 atom stereocenters. The number of cyclic esters (lactones) is 1. The Morgan fingerprint density at radius 3 is 2.32 bits per heavy atom. The maximum absolute atomic E-state index is 12.1. The molecule has 1 saturated heterocycles. The topological polar surface area (TPSA) is 44.8 Å². The molecule has 0 aliphatic carbocycles. The van der Waals surface area contributed by atoms with Gasteiger partial charge in [-0.1, -0.05) is 60.7 Å². The molecular formula is C24H30O4. The number of carbonyl (C=O) groups is 1. The van der Waals surface area contributed by atoms with E-state index in [2.05, 4.69) is 24.3 Å². The molecule has 0 spiro atoms. The molecule has 3 rings (SSSR count). The van der Waals surface area contributed by atoms with Gasteiger partial charge in [0.05, 0.1) is 19.3 Å². The van der Waals surface area contributed by atoms with E-state index in [-0.39, 0.29) is 12.1 Å². The summed E-state index contributed by atoms with van der Waals surface area (Å²) in [5, 5.41) is 0. The summed E-state index contributed by atoms with van der Waals surface area (Å²) in [4.78, 5) is 12.1. The third-order valence-electron chi connectivity index (χ3n) is 5.24. The number of benzene rings is 2. The maximum Gasteiger partial charge on any atom is 0.306 e. The molecule has 0 saturated carbocycles. The van der Waals surface area contributed by atoms with Crippen LogP contribution in [0.3, 0.4) is 0 Å². The molecule has 0 amide bonds. The van der Waals surface area contributed by atoms with Gasteiger partial charge in [-0.15, -0.1) is 0 Å². The first-order valence-corrected chi connectivity index (χ1v) is 10.1. The molecule has 150 valence electrons. The van der Waals surface area contributed by atoms with Gasteiger partial charge in [-0.25, -0.2) is 0 Å². The largest absolute Gasteiger partial charge is 0.457 e. The normalized spacial score (nSPS) is 22.5. The van der Waals surface area contributed by atoms with Crippen molar-refractivity contribution in [2.45, 2.75) is 63.9 Å². The molecule has 1 fully saturated rings. The summed E-state index contributed by atoms with van der Waals surface area (Å²) in [6.07, 6.45) is 3.55. The third kappa shape index (κ3) is 6.18. The number of esters is 1. The Bertz CT molecular complexity index is 716. The monoisotopic (exact) mass is 382 g/mol. The van der Waals surface area contributed by atoms with Crippen molar-refractivity contribution in [3.63, 3.8) is 0 Å². The zero-order valence-electron chi connectivity index (χ0n) is 16.6. The number of ether oxygens (including phenoxy) is 3. The fourth-order valence-electron chi connectivity index (χ4n) is 3.65. The van der Waals surface area contributed by atoms with Crippen LogP contribution in [0.5, 0.6) is 0 Å². The van der Waals surface area contributed by atoms with Crippen LogP contribution in [0, 0.1) is 0 Å². The van der Waals surface area contributed by atoms with Crippen LogP contribution in [0.1, 0.15) is 50.2 Å². The highest BCUT2D eigenvalue weighted by molar-refractivity contribution is 5.70. The average molecular weight is 383 g/mol. The summed E-state index contributed by atoms with van der Waals surface area (Å²) in [5.74, 6) is -0.126. The number of hydrogen-bond acceptors (Lipinski definition) is 4. The van der Waals surface area contributed by atoms with Gasteiger partial charge in [0.25, 0.3) is 0 Å². The van der Waals surface area contributed by atoms with Gasteiger partial charge < -0.3 is 14.2 Å². The van der Waals surface area contributed by atoms with Crippen molar-refractivity contribution in [2.24, 2.45) is 0 Å². The Balaban J connectivity index is 1.51. The zero-order chi connectivity index (χ0) is 19.7. The van der Waals surface area contributed by atoms with Crippen LogP contribution < -0.4 is 0 Å². The Kier molecular flexibility index (Phi) is 7.63. The van der Waals surface area contributed by atoms with Gasteiger partial charge in [-0.05, 0) is 43.7 Å². The summed E-state index contributed by atoms with van der Waals surface area (Å²) in [6.45, 7) is 3.77. The van der Waals surface area contributed by atoms with Crippen LogP contribution in [-0.2, 0) is 32.2 Å². The van der Waals surface area contributed by atoms with E-state index in [0.717, 1.165) is 31.2 Å². The Morgan fingerprint density at radius 1 is 1.00 bits per heavy atom. The van der Waals surface area contributed by atoms with Crippen molar-refractivity contribution in [1.82, 2.24) is 0 Å². The second kappa shape index (κ2) is 10.4. The lowest BCUT2D eigenvalue weighted by atomic mass is 9.90. The Morgan fingerprint density at radius 2 is 1.64 bits per heavy atom. The standard InChI is InChI=1S/C24H30O4/c1-24(16-9-17-26-18-20-10-4-2-5-11-20)22(14-8-15-23(25)28-24)27-19-21-12-6-3-7-13-21/h2-7,10-13,22H,8-9,14-19H2,1H3/t22-,24+/m1/s1. The van der Waals surface area contributed by atoms with Gasteiger partial charge in [-0.2, -0.15) is 0 Å². The third-order valence-corrected chi connectivity index (χ3v) is 5.24. The van der Waals surface area contributed by atoms with Gasteiger partial charge in [-0.3, -0.25) is 4.79 Å². The number of carbonyl (C=O) groups excluding carboxylic acids is 1. The maximum atomic E-state index is 12.1. The number of hydrogen-bond donors (Lipinski definition) is 0. The van der Waals surface area contributed by atoms with E-state index >= 15 is 0 Å². The van der Waals surface area contributed by atoms with Crippen LogP contribution in [0.2, 0.25) is 0 Å². The van der Waals surface area contributed by atoms with Crippen molar-refractivity contribution in [3.8, 4) is 0 Å². The molecule has 0 unspecified atom stereocenters. The van der Waals surface area contributed by atoms with E-state index < -0.39 is 5.60 Å². The Hall–Kier alpha value is -2.17.